The van der Waals surface area contributed by atoms with Gasteiger partial charge in [-0.1, -0.05) is 48.5 Å². The molecular formula is C26H21FN2O3. The lowest BCUT2D eigenvalue weighted by atomic mass is 10.1. The zero-order valence-corrected chi connectivity index (χ0v) is 17.2. The number of halogens is 1. The van der Waals surface area contributed by atoms with E-state index >= 15 is 0 Å². The van der Waals surface area contributed by atoms with Gasteiger partial charge in [-0.2, -0.15) is 0 Å². The molecular weight excluding hydrogens is 407 g/mol. The van der Waals surface area contributed by atoms with Gasteiger partial charge in [-0.25, -0.2) is 4.39 Å². The van der Waals surface area contributed by atoms with Crippen LogP contribution in [0.3, 0.4) is 0 Å². The number of anilines is 1. The predicted molar refractivity (Wildman–Crippen MR) is 122 cm³/mol. The predicted octanol–water partition coefficient (Wildman–Crippen LogP) is 4.93. The van der Waals surface area contributed by atoms with Crippen molar-refractivity contribution in [1.82, 2.24) is 5.32 Å². The quantitative estimate of drug-likeness (QED) is 0.439. The molecule has 2 N–H and O–H groups in total. The van der Waals surface area contributed by atoms with E-state index in [0.29, 0.717) is 11.4 Å². The lowest BCUT2D eigenvalue weighted by Crippen LogP contribution is -2.28. The Morgan fingerprint density at radius 1 is 0.812 bits per heavy atom. The molecule has 0 aliphatic heterocycles. The van der Waals surface area contributed by atoms with E-state index < -0.39 is 11.7 Å². The van der Waals surface area contributed by atoms with Crippen molar-refractivity contribution in [3.8, 4) is 5.75 Å². The maximum atomic E-state index is 13.3. The SMILES string of the molecule is O=C(COc1ccc2ccccc2c1)NCc1cccc(NC(=O)c2cccc(F)c2)c1. The lowest BCUT2D eigenvalue weighted by molar-refractivity contribution is -0.123. The van der Waals surface area contributed by atoms with Crippen LogP contribution in [0.1, 0.15) is 15.9 Å². The molecule has 0 radical (unpaired) electrons. The van der Waals surface area contributed by atoms with Crippen LogP contribution in [-0.2, 0) is 11.3 Å². The summed E-state index contributed by atoms with van der Waals surface area (Å²) >= 11 is 0. The number of benzene rings is 4. The molecule has 160 valence electrons. The molecule has 0 heterocycles. The van der Waals surface area contributed by atoms with E-state index in [1.165, 1.54) is 24.3 Å². The van der Waals surface area contributed by atoms with Gasteiger partial charge in [-0.15, -0.1) is 0 Å². The van der Waals surface area contributed by atoms with E-state index in [1.807, 2.05) is 48.5 Å². The zero-order valence-electron chi connectivity index (χ0n) is 17.2. The summed E-state index contributed by atoms with van der Waals surface area (Å²) in [5.41, 5.74) is 1.59. The highest BCUT2D eigenvalue weighted by Gasteiger charge is 2.08. The first kappa shape index (κ1) is 21.1. The molecule has 0 bridgehead atoms. The minimum atomic E-state index is -0.472. The molecule has 0 fully saturated rings. The van der Waals surface area contributed by atoms with Gasteiger partial charge in [-0.05, 0) is 58.8 Å². The molecule has 2 amide bonds. The standard InChI is InChI=1S/C26H21FN2O3/c27-22-9-4-8-21(14-22)26(31)29-23-10-3-5-18(13-23)16-28-25(30)17-32-24-12-11-19-6-1-2-7-20(19)15-24/h1-15H,16-17H2,(H,28,30)(H,29,31). The Morgan fingerprint density at radius 3 is 2.47 bits per heavy atom. The van der Waals surface area contributed by atoms with Crippen molar-refractivity contribution in [3.63, 3.8) is 0 Å². The van der Waals surface area contributed by atoms with Crippen LogP contribution in [0.15, 0.2) is 91.0 Å². The first-order valence-electron chi connectivity index (χ1n) is 10.1. The first-order chi connectivity index (χ1) is 15.6. The van der Waals surface area contributed by atoms with Crippen LogP contribution in [0.4, 0.5) is 10.1 Å². The van der Waals surface area contributed by atoms with Crippen LogP contribution in [0.2, 0.25) is 0 Å². The van der Waals surface area contributed by atoms with Gasteiger partial charge >= 0.3 is 0 Å². The fourth-order valence-electron chi connectivity index (χ4n) is 3.25. The average molecular weight is 428 g/mol. The highest BCUT2D eigenvalue weighted by Crippen LogP contribution is 2.20. The van der Waals surface area contributed by atoms with Gasteiger partial charge in [0.1, 0.15) is 11.6 Å². The molecule has 0 atom stereocenters. The van der Waals surface area contributed by atoms with Gasteiger partial charge in [0.2, 0.25) is 0 Å². The summed E-state index contributed by atoms with van der Waals surface area (Å²) in [6, 6.07) is 26.2. The summed E-state index contributed by atoms with van der Waals surface area (Å²) < 4.78 is 18.9. The molecule has 0 spiro atoms. The van der Waals surface area contributed by atoms with Crippen LogP contribution in [0.5, 0.6) is 5.75 Å². The van der Waals surface area contributed by atoms with Crippen molar-refractivity contribution in [2.75, 3.05) is 11.9 Å². The third-order valence-corrected chi connectivity index (χ3v) is 4.85. The molecule has 4 aromatic rings. The molecule has 5 nitrogen and oxygen atoms in total. The number of hydrogen-bond donors (Lipinski definition) is 2. The smallest absolute Gasteiger partial charge is 0.258 e. The number of fused-ring (bicyclic) bond motifs is 1. The van der Waals surface area contributed by atoms with Gasteiger partial charge < -0.3 is 15.4 Å². The van der Waals surface area contributed by atoms with Crippen molar-refractivity contribution < 1.29 is 18.7 Å². The Bertz CT molecular complexity index is 1270. The molecule has 0 unspecified atom stereocenters. The summed E-state index contributed by atoms with van der Waals surface area (Å²) in [7, 11) is 0. The second-order valence-corrected chi connectivity index (χ2v) is 7.24. The Hall–Kier alpha value is -4.19. The third kappa shape index (κ3) is 5.49. The molecule has 32 heavy (non-hydrogen) atoms. The maximum absolute atomic E-state index is 13.3. The van der Waals surface area contributed by atoms with Gasteiger partial charge in [0.25, 0.3) is 11.8 Å². The average Bonchev–Trinajstić information content (AvgIpc) is 2.81. The number of rotatable bonds is 7. The number of amides is 2. The third-order valence-electron chi connectivity index (χ3n) is 4.85. The van der Waals surface area contributed by atoms with Crippen LogP contribution in [-0.4, -0.2) is 18.4 Å². The summed E-state index contributed by atoms with van der Waals surface area (Å²) in [5, 5.41) is 7.68. The summed E-state index contributed by atoms with van der Waals surface area (Å²) in [6.07, 6.45) is 0. The maximum Gasteiger partial charge on any atom is 0.258 e. The highest BCUT2D eigenvalue weighted by atomic mass is 19.1. The Labute approximate surface area is 184 Å². The summed E-state index contributed by atoms with van der Waals surface area (Å²) in [6.45, 7) is 0.178. The Kier molecular flexibility index (Phi) is 6.41. The van der Waals surface area contributed by atoms with E-state index in [4.69, 9.17) is 4.74 Å². The van der Waals surface area contributed by atoms with E-state index in [2.05, 4.69) is 10.6 Å². The van der Waals surface area contributed by atoms with Crippen molar-refractivity contribution in [3.05, 3.63) is 108 Å². The van der Waals surface area contributed by atoms with Crippen molar-refractivity contribution >= 4 is 28.3 Å². The molecule has 6 heteroatoms. The van der Waals surface area contributed by atoms with E-state index in [0.717, 1.165) is 16.3 Å². The molecule has 0 saturated carbocycles. The fraction of sp³-hybridized carbons (Fsp3) is 0.0769. The van der Waals surface area contributed by atoms with Crippen LogP contribution in [0.25, 0.3) is 10.8 Å². The van der Waals surface area contributed by atoms with Crippen molar-refractivity contribution in [2.24, 2.45) is 0 Å². The van der Waals surface area contributed by atoms with Crippen molar-refractivity contribution in [2.45, 2.75) is 6.54 Å². The van der Waals surface area contributed by atoms with Gasteiger partial charge in [0.15, 0.2) is 6.61 Å². The Balaban J connectivity index is 1.29. The van der Waals surface area contributed by atoms with E-state index in [-0.39, 0.29) is 24.6 Å². The second kappa shape index (κ2) is 9.75. The molecule has 0 aliphatic rings. The monoisotopic (exact) mass is 428 g/mol. The van der Waals surface area contributed by atoms with Crippen LogP contribution in [0, 0.1) is 5.82 Å². The largest absolute Gasteiger partial charge is 0.484 e. The second-order valence-electron chi connectivity index (χ2n) is 7.24. The van der Waals surface area contributed by atoms with Gasteiger partial charge in [0, 0.05) is 17.8 Å². The number of nitrogens with one attached hydrogen (secondary N) is 2. The van der Waals surface area contributed by atoms with Gasteiger partial charge in [-0.3, -0.25) is 9.59 Å². The number of hydrogen-bond acceptors (Lipinski definition) is 3. The minimum Gasteiger partial charge on any atom is -0.484 e. The first-order valence-corrected chi connectivity index (χ1v) is 10.1. The number of ether oxygens (including phenoxy) is 1. The number of carbonyl (C=O) groups excluding carboxylic acids is 2. The lowest BCUT2D eigenvalue weighted by Gasteiger charge is -2.10. The topological polar surface area (TPSA) is 67.4 Å². The molecule has 0 aliphatic carbocycles. The molecule has 4 aromatic carbocycles. The number of carbonyl (C=O) groups is 2. The molecule has 4 rings (SSSR count). The highest BCUT2D eigenvalue weighted by molar-refractivity contribution is 6.04. The summed E-state index contributed by atoms with van der Waals surface area (Å²) in [5.74, 6) is -0.511. The van der Waals surface area contributed by atoms with E-state index in [9.17, 15) is 14.0 Å². The zero-order chi connectivity index (χ0) is 22.3. The molecule has 0 saturated heterocycles. The van der Waals surface area contributed by atoms with Crippen LogP contribution >= 0.6 is 0 Å². The molecule has 0 aromatic heterocycles. The Morgan fingerprint density at radius 2 is 1.62 bits per heavy atom. The van der Waals surface area contributed by atoms with E-state index in [1.54, 1.807) is 18.2 Å². The van der Waals surface area contributed by atoms with Crippen molar-refractivity contribution in [1.29, 1.82) is 0 Å². The minimum absolute atomic E-state index is 0.103. The normalized spacial score (nSPS) is 10.5. The fourth-order valence-corrected chi connectivity index (χ4v) is 3.25. The summed E-state index contributed by atoms with van der Waals surface area (Å²) in [4.78, 5) is 24.5. The van der Waals surface area contributed by atoms with Gasteiger partial charge in [0.05, 0.1) is 0 Å². The van der Waals surface area contributed by atoms with Crippen LogP contribution < -0.4 is 15.4 Å².